The molecule has 14 heteroatoms. The summed E-state index contributed by atoms with van der Waals surface area (Å²) in [7, 11) is 0. The minimum atomic E-state index is -1.37. The van der Waals surface area contributed by atoms with Crippen molar-refractivity contribution in [1.29, 1.82) is 0 Å². The SMILES string of the molecule is CCC(C)C(NC(=O)C(CCSC)NC(=O)C(NC(=O)C(N)CCCN=C(N)N)C(C)O)C(=O)O. The van der Waals surface area contributed by atoms with Crippen molar-refractivity contribution >= 4 is 41.4 Å². The van der Waals surface area contributed by atoms with Crippen molar-refractivity contribution in [3.05, 3.63) is 0 Å². The number of nitrogens with zero attached hydrogens (tertiary/aromatic N) is 1. The number of hydrogen-bond donors (Lipinski definition) is 8. The Bertz CT molecular complexity index is 733. The molecule has 202 valence electrons. The fraction of sp³-hybridized carbons (Fsp3) is 0.762. The fourth-order valence-electron chi connectivity index (χ4n) is 3.02. The molecule has 3 amide bonds. The van der Waals surface area contributed by atoms with Gasteiger partial charge in [0.05, 0.1) is 12.1 Å². The van der Waals surface area contributed by atoms with Crippen LogP contribution >= 0.6 is 11.8 Å². The van der Waals surface area contributed by atoms with Crippen molar-refractivity contribution in [1.82, 2.24) is 16.0 Å². The number of thioether (sulfide) groups is 1. The van der Waals surface area contributed by atoms with E-state index in [1.807, 2.05) is 6.26 Å². The first-order valence-electron chi connectivity index (χ1n) is 11.5. The van der Waals surface area contributed by atoms with E-state index in [4.69, 9.17) is 17.2 Å². The number of nitrogens with two attached hydrogens (primary N) is 3. The number of aliphatic hydroxyl groups is 1. The van der Waals surface area contributed by atoms with Gasteiger partial charge in [0, 0.05) is 6.54 Å². The molecule has 0 aromatic rings. The second-order valence-corrected chi connectivity index (χ2v) is 9.32. The van der Waals surface area contributed by atoms with Gasteiger partial charge in [-0.1, -0.05) is 20.3 Å². The molecule has 0 radical (unpaired) electrons. The minimum Gasteiger partial charge on any atom is -0.480 e. The summed E-state index contributed by atoms with van der Waals surface area (Å²) in [6.45, 7) is 5.11. The van der Waals surface area contributed by atoms with Crippen LogP contribution in [0.2, 0.25) is 0 Å². The predicted molar refractivity (Wildman–Crippen MR) is 135 cm³/mol. The molecule has 6 unspecified atom stereocenters. The van der Waals surface area contributed by atoms with Gasteiger partial charge in [0.15, 0.2) is 5.96 Å². The van der Waals surface area contributed by atoms with Gasteiger partial charge in [-0.25, -0.2) is 4.79 Å². The van der Waals surface area contributed by atoms with E-state index in [0.29, 0.717) is 18.6 Å². The second-order valence-electron chi connectivity index (χ2n) is 8.33. The number of carbonyl (C=O) groups excluding carboxylic acids is 3. The van der Waals surface area contributed by atoms with Crippen LogP contribution in [0.15, 0.2) is 4.99 Å². The van der Waals surface area contributed by atoms with Gasteiger partial charge in [-0.2, -0.15) is 11.8 Å². The van der Waals surface area contributed by atoms with E-state index in [1.165, 1.54) is 18.7 Å². The normalized spacial score (nSPS) is 16.1. The van der Waals surface area contributed by atoms with E-state index < -0.39 is 54.0 Å². The summed E-state index contributed by atoms with van der Waals surface area (Å²) >= 11 is 1.44. The van der Waals surface area contributed by atoms with Crippen LogP contribution in [0.1, 0.15) is 46.5 Å². The molecule has 0 saturated carbocycles. The number of nitrogens with one attached hydrogen (secondary N) is 3. The zero-order valence-corrected chi connectivity index (χ0v) is 21.6. The van der Waals surface area contributed by atoms with Crippen molar-refractivity contribution in [2.45, 2.75) is 76.7 Å². The van der Waals surface area contributed by atoms with Crippen LogP contribution in [0.4, 0.5) is 0 Å². The number of aliphatic hydroxyl groups excluding tert-OH is 1. The number of carbonyl (C=O) groups is 4. The van der Waals surface area contributed by atoms with Crippen LogP contribution in [0.5, 0.6) is 0 Å². The minimum absolute atomic E-state index is 0.0762. The monoisotopic (exact) mass is 519 g/mol. The lowest BCUT2D eigenvalue weighted by atomic mass is 9.98. The van der Waals surface area contributed by atoms with Gasteiger partial charge < -0.3 is 43.4 Å². The lowest BCUT2D eigenvalue weighted by Gasteiger charge is -2.27. The maximum atomic E-state index is 12.9. The highest BCUT2D eigenvalue weighted by Gasteiger charge is 2.33. The molecule has 0 spiro atoms. The highest BCUT2D eigenvalue weighted by Crippen LogP contribution is 2.10. The van der Waals surface area contributed by atoms with Gasteiger partial charge in [-0.05, 0) is 44.1 Å². The standard InChI is InChI=1S/C21H41N7O6S/c1-5-11(2)15(20(33)34)27-18(31)14(8-10-35-4)26-19(32)16(12(3)29)28-17(30)13(22)7-6-9-25-21(23)24/h11-16,29H,5-10,22H2,1-4H3,(H,26,32)(H,27,31)(H,28,30)(H,33,34)(H4,23,24,25). The highest BCUT2D eigenvalue weighted by molar-refractivity contribution is 7.98. The first kappa shape index (κ1) is 32.4. The average molecular weight is 520 g/mol. The molecular formula is C21H41N7O6S. The number of carboxylic acids is 1. The summed E-state index contributed by atoms with van der Waals surface area (Å²) in [6.07, 6.45) is 1.95. The Kier molecular flexibility index (Phi) is 15.7. The second kappa shape index (κ2) is 16.9. The van der Waals surface area contributed by atoms with Crippen molar-refractivity contribution < 1.29 is 29.4 Å². The van der Waals surface area contributed by atoms with E-state index in [0.717, 1.165) is 0 Å². The third-order valence-electron chi connectivity index (χ3n) is 5.39. The first-order chi connectivity index (χ1) is 16.3. The van der Waals surface area contributed by atoms with Crippen molar-refractivity contribution in [2.75, 3.05) is 18.6 Å². The lowest BCUT2D eigenvalue weighted by molar-refractivity contribution is -0.144. The molecule has 6 atom stereocenters. The summed E-state index contributed by atoms with van der Waals surface area (Å²) in [4.78, 5) is 53.6. The van der Waals surface area contributed by atoms with Crippen LogP contribution in [0.25, 0.3) is 0 Å². The van der Waals surface area contributed by atoms with Gasteiger partial charge >= 0.3 is 5.97 Å². The zero-order valence-electron chi connectivity index (χ0n) is 20.8. The molecule has 0 aliphatic heterocycles. The molecule has 11 N–H and O–H groups in total. The molecule has 0 aliphatic rings. The average Bonchev–Trinajstić information content (AvgIpc) is 2.79. The number of carboxylic acid groups (broad SMARTS) is 1. The van der Waals surface area contributed by atoms with E-state index in [-0.39, 0.29) is 31.3 Å². The number of aliphatic carboxylic acids is 1. The molecule has 0 fully saturated rings. The van der Waals surface area contributed by atoms with E-state index in [2.05, 4.69) is 20.9 Å². The Morgan fingerprint density at radius 1 is 0.971 bits per heavy atom. The van der Waals surface area contributed by atoms with Gasteiger partial charge in [0.1, 0.15) is 18.1 Å². The quantitative estimate of drug-likeness (QED) is 0.0602. The Balaban J connectivity index is 5.31. The van der Waals surface area contributed by atoms with Crippen LogP contribution in [0, 0.1) is 5.92 Å². The predicted octanol–water partition coefficient (Wildman–Crippen LogP) is -1.91. The Morgan fingerprint density at radius 2 is 1.57 bits per heavy atom. The molecule has 0 saturated heterocycles. The first-order valence-corrected chi connectivity index (χ1v) is 12.9. The largest absolute Gasteiger partial charge is 0.480 e. The number of aliphatic imine (C=N–C) groups is 1. The Labute approximate surface area is 210 Å². The maximum absolute atomic E-state index is 12.9. The third-order valence-corrected chi connectivity index (χ3v) is 6.03. The number of amides is 3. The summed E-state index contributed by atoms with van der Waals surface area (Å²) < 4.78 is 0. The lowest BCUT2D eigenvalue weighted by Crippen LogP contribution is -2.60. The third kappa shape index (κ3) is 12.6. The fourth-order valence-corrected chi connectivity index (χ4v) is 3.49. The Morgan fingerprint density at radius 3 is 2.06 bits per heavy atom. The summed E-state index contributed by atoms with van der Waals surface area (Å²) in [5.74, 6) is -3.19. The molecular weight excluding hydrogens is 478 g/mol. The van der Waals surface area contributed by atoms with Crippen molar-refractivity contribution in [3.63, 3.8) is 0 Å². The molecule has 13 nitrogen and oxygen atoms in total. The summed E-state index contributed by atoms with van der Waals surface area (Å²) in [5.41, 5.74) is 16.3. The van der Waals surface area contributed by atoms with Crippen molar-refractivity contribution in [2.24, 2.45) is 28.1 Å². The number of guanidine groups is 1. The van der Waals surface area contributed by atoms with Crippen molar-refractivity contribution in [3.8, 4) is 0 Å². The van der Waals surface area contributed by atoms with Gasteiger partial charge in [-0.15, -0.1) is 0 Å². The summed E-state index contributed by atoms with van der Waals surface area (Å²) in [5, 5.41) is 27.0. The van der Waals surface area contributed by atoms with Crippen LogP contribution < -0.4 is 33.2 Å². The molecule has 0 aliphatic carbocycles. The molecule has 0 bridgehead atoms. The summed E-state index contributed by atoms with van der Waals surface area (Å²) in [6, 6.07) is -4.53. The molecule has 0 heterocycles. The highest BCUT2D eigenvalue weighted by atomic mass is 32.2. The smallest absolute Gasteiger partial charge is 0.326 e. The van der Waals surface area contributed by atoms with E-state index >= 15 is 0 Å². The van der Waals surface area contributed by atoms with E-state index in [1.54, 1.807) is 13.8 Å². The van der Waals surface area contributed by atoms with E-state index in [9.17, 15) is 29.4 Å². The molecule has 0 rings (SSSR count). The van der Waals surface area contributed by atoms with Gasteiger partial charge in [0.2, 0.25) is 17.7 Å². The van der Waals surface area contributed by atoms with Crippen LogP contribution in [-0.4, -0.2) is 88.7 Å². The zero-order chi connectivity index (χ0) is 27.1. The van der Waals surface area contributed by atoms with Gasteiger partial charge in [0.25, 0.3) is 0 Å². The van der Waals surface area contributed by atoms with Crippen LogP contribution in [0.3, 0.4) is 0 Å². The number of hydrogen-bond acceptors (Lipinski definition) is 8. The Hall–Kier alpha value is -2.58. The molecule has 35 heavy (non-hydrogen) atoms. The molecule has 0 aromatic heterocycles. The molecule has 0 aromatic carbocycles. The van der Waals surface area contributed by atoms with Crippen LogP contribution in [-0.2, 0) is 19.2 Å². The van der Waals surface area contributed by atoms with Gasteiger partial charge in [-0.3, -0.25) is 19.4 Å². The topological polar surface area (TPSA) is 235 Å². The maximum Gasteiger partial charge on any atom is 0.326 e. The number of rotatable bonds is 17.